The normalized spacial score (nSPS) is 11.2. The van der Waals surface area contributed by atoms with E-state index in [0.717, 1.165) is 17.8 Å². The van der Waals surface area contributed by atoms with Gasteiger partial charge in [0.15, 0.2) is 23.3 Å². The van der Waals surface area contributed by atoms with Gasteiger partial charge in [-0.25, -0.2) is 17.6 Å². The summed E-state index contributed by atoms with van der Waals surface area (Å²) >= 11 is 0.792. The summed E-state index contributed by atoms with van der Waals surface area (Å²) in [6.07, 6.45) is -5.71. The van der Waals surface area contributed by atoms with Gasteiger partial charge in [-0.05, 0) is 30.3 Å². The molecule has 0 aliphatic carbocycles. The molecule has 0 fully saturated rings. The Morgan fingerprint density at radius 3 is 2.03 bits per heavy atom. The van der Waals surface area contributed by atoms with Gasteiger partial charge in [0.2, 0.25) is 5.91 Å². The lowest BCUT2D eigenvalue weighted by molar-refractivity contribution is -0.384. The van der Waals surface area contributed by atoms with Crippen LogP contribution in [0, 0.1) is 33.4 Å². The molecule has 2 N–H and O–H groups in total. The second-order valence-electron chi connectivity index (χ2n) is 7.13. The fourth-order valence-corrected chi connectivity index (χ4v) is 3.61. The quantitative estimate of drug-likeness (QED) is 0.121. The Morgan fingerprint density at radius 1 is 0.892 bits per heavy atom. The zero-order valence-corrected chi connectivity index (χ0v) is 18.8. The van der Waals surface area contributed by atoms with Crippen LogP contribution in [0.3, 0.4) is 0 Å². The number of nitro benzene ring substituents is 1. The monoisotopic (exact) mass is 547 g/mol. The zero-order valence-electron chi connectivity index (χ0n) is 18.0. The van der Waals surface area contributed by atoms with Gasteiger partial charge in [-0.2, -0.15) is 13.2 Å². The summed E-state index contributed by atoms with van der Waals surface area (Å²) in [6.45, 7) is 0. The molecule has 0 bridgehead atoms. The van der Waals surface area contributed by atoms with E-state index < -0.39 is 63.2 Å². The smallest absolute Gasteiger partial charge is 0.322 e. The number of rotatable bonds is 7. The second-order valence-corrected chi connectivity index (χ2v) is 8.18. The van der Waals surface area contributed by atoms with Gasteiger partial charge in [0, 0.05) is 28.3 Å². The van der Waals surface area contributed by atoms with Gasteiger partial charge in [0.25, 0.3) is 11.6 Å². The summed E-state index contributed by atoms with van der Waals surface area (Å²) in [5.74, 6) is -12.6. The largest absolute Gasteiger partial charge is 0.422 e. The Hall–Kier alpha value is -4.14. The van der Waals surface area contributed by atoms with Crippen molar-refractivity contribution in [2.45, 2.75) is 11.1 Å². The molecule has 0 aromatic heterocycles. The lowest BCUT2D eigenvalue weighted by Crippen LogP contribution is -2.21. The van der Waals surface area contributed by atoms with E-state index in [0.29, 0.717) is 4.90 Å². The van der Waals surface area contributed by atoms with Crippen molar-refractivity contribution in [2.24, 2.45) is 0 Å². The van der Waals surface area contributed by atoms with E-state index in [1.54, 1.807) is 0 Å². The van der Waals surface area contributed by atoms with Gasteiger partial charge >= 0.3 is 6.18 Å². The predicted octanol–water partition coefficient (Wildman–Crippen LogP) is 6.15. The van der Waals surface area contributed by atoms with Crippen molar-refractivity contribution >= 4 is 40.6 Å². The van der Waals surface area contributed by atoms with Crippen LogP contribution in [0.15, 0.2) is 53.4 Å². The first kappa shape index (κ1) is 27.4. The number of carbonyl (C=O) groups is 2. The maximum Gasteiger partial charge on any atom is 0.422 e. The number of nitrogens with one attached hydrogen (secondary N) is 2. The van der Waals surface area contributed by atoms with E-state index in [-0.39, 0.29) is 16.9 Å². The summed E-state index contributed by atoms with van der Waals surface area (Å²) in [6, 6.07) is 10.7. The molecule has 0 saturated heterocycles. The van der Waals surface area contributed by atoms with Crippen LogP contribution in [0.1, 0.15) is 15.9 Å². The van der Waals surface area contributed by atoms with Gasteiger partial charge in [0.1, 0.15) is 11.3 Å². The molecule has 0 radical (unpaired) electrons. The van der Waals surface area contributed by atoms with E-state index >= 15 is 0 Å². The molecule has 3 aromatic carbocycles. The van der Waals surface area contributed by atoms with Crippen LogP contribution in [-0.4, -0.2) is 22.5 Å². The van der Waals surface area contributed by atoms with Crippen LogP contribution in [-0.2, 0) is 11.0 Å². The van der Waals surface area contributed by atoms with E-state index in [1.165, 1.54) is 47.8 Å². The number of carbonyl (C=O) groups excluding carboxylic acids is 2. The van der Waals surface area contributed by atoms with Crippen molar-refractivity contribution in [3.05, 3.63) is 93.0 Å². The van der Waals surface area contributed by atoms with Crippen LogP contribution in [0.2, 0.25) is 0 Å². The number of non-ortho nitro benzene ring substituents is 1. The molecule has 0 aliphatic rings. The second kappa shape index (κ2) is 10.9. The molecule has 0 heterocycles. The molecule has 2 amide bonds. The number of alkyl halides is 3. The van der Waals surface area contributed by atoms with Crippen LogP contribution in [0.5, 0.6) is 0 Å². The third kappa shape index (κ3) is 6.35. The highest BCUT2D eigenvalue weighted by atomic mass is 32.2. The van der Waals surface area contributed by atoms with Gasteiger partial charge in [-0.1, -0.05) is 6.07 Å². The first-order valence-electron chi connectivity index (χ1n) is 9.81. The number of anilines is 2. The highest BCUT2D eigenvalue weighted by Gasteiger charge is 2.42. The lowest BCUT2D eigenvalue weighted by Gasteiger charge is -2.14. The van der Waals surface area contributed by atoms with Gasteiger partial charge in [-0.15, -0.1) is 11.8 Å². The van der Waals surface area contributed by atoms with E-state index in [1.807, 2.05) is 0 Å². The SMILES string of the molecule is O=C(CSc1ccc(NC(=O)c2cccc([N+](=O)[O-])c2)cc1)Nc1c(F)c(F)c(C(F)(F)F)c(F)c1F. The van der Waals surface area contributed by atoms with Gasteiger partial charge < -0.3 is 10.6 Å². The summed E-state index contributed by atoms with van der Waals surface area (Å²) in [4.78, 5) is 34.8. The number of halogens is 7. The number of benzene rings is 3. The van der Waals surface area contributed by atoms with Gasteiger partial charge in [-0.3, -0.25) is 19.7 Å². The zero-order chi connectivity index (χ0) is 27.5. The number of hydrogen-bond donors (Lipinski definition) is 2. The average Bonchev–Trinajstić information content (AvgIpc) is 2.84. The van der Waals surface area contributed by atoms with Crippen LogP contribution < -0.4 is 10.6 Å². The molecule has 15 heteroatoms. The van der Waals surface area contributed by atoms with Crippen molar-refractivity contribution in [3.8, 4) is 0 Å². The Kier molecular flexibility index (Phi) is 8.06. The summed E-state index contributed by atoms with van der Waals surface area (Å²) in [5, 5.41) is 14.8. The number of nitro groups is 1. The number of thioether (sulfide) groups is 1. The number of amides is 2. The summed E-state index contributed by atoms with van der Waals surface area (Å²) in [7, 11) is 0. The number of nitrogens with zero attached hydrogens (tertiary/aromatic N) is 1. The van der Waals surface area contributed by atoms with Gasteiger partial charge in [0.05, 0.1) is 10.7 Å². The van der Waals surface area contributed by atoms with Crippen molar-refractivity contribution in [3.63, 3.8) is 0 Å². The predicted molar refractivity (Wildman–Crippen MR) is 118 cm³/mol. The third-order valence-electron chi connectivity index (χ3n) is 4.61. The van der Waals surface area contributed by atoms with Crippen LogP contribution in [0.25, 0.3) is 0 Å². The van der Waals surface area contributed by atoms with Crippen LogP contribution in [0.4, 0.5) is 47.8 Å². The molecule has 0 unspecified atom stereocenters. The first-order valence-corrected chi connectivity index (χ1v) is 10.8. The van der Waals surface area contributed by atoms with Crippen molar-refractivity contribution in [1.82, 2.24) is 0 Å². The third-order valence-corrected chi connectivity index (χ3v) is 5.62. The molecule has 3 rings (SSSR count). The lowest BCUT2D eigenvalue weighted by atomic mass is 10.1. The molecular formula is C22H12F7N3O4S. The average molecular weight is 547 g/mol. The molecule has 0 saturated carbocycles. The molecular weight excluding hydrogens is 535 g/mol. The number of hydrogen-bond acceptors (Lipinski definition) is 5. The fraction of sp³-hybridized carbons (Fsp3) is 0.0909. The minimum absolute atomic E-state index is 0.0277. The van der Waals surface area contributed by atoms with Crippen molar-refractivity contribution in [1.29, 1.82) is 0 Å². The Labute approximate surface area is 206 Å². The molecule has 0 spiro atoms. The summed E-state index contributed by atoms with van der Waals surface area (Å²) < 4.78 is 93.1. The molecule has 194 valence electrons. The van der Waals surface area contributed by atoms with E-state index in [4.69, 9.17) is 0 Å². The van der Waals surface area contributed by atoms with Crippen molar-refractivity contribution in [2.75, 3.05) is 16.4 Å². The van der Waals surface area contributed by atoms with Crippen molar-refractivity contribution < 1.29 is 45.2 Å². The Bertz CT molecular complexity index is 1350. The molecule has 37 heavy (non-hydrogen) atoms. The first-order chi connectivity index (χ1) is 17.3. The molecule has 7 nitrogen and oxygen atoms in total. The molecule has 3 aromatic rings. The molecule has 0 aliphatic heterocycles. The van der Waals surface area contributed by atoms with E-state index in [2.05, 4.69) is 5.32 Å². The minimum atomic E-state index is -5.71. The minimum Gasteiger partial charge on any atom is -0.322 e. The van der Waals surface area contributed by atoms with Crippen LogP contribution >= 0.6 is 11.8 Å². The maximum atomic E-state index is 13.9. The summed E-state index contributed by atoms with van der Waals surface area (Å²) in [5.41, 5.74) is -4.43. The maximum absolute atomic E-state index is 13.9. The highest BCUT2D eigenvalue weighted by Crippen LogP contribution is 2.38. The Balaban J connectivity index is 1.63. The Morgan fingerprint density at radius 2 is 1.49 bits per heavy atom. The fourth-order valence-electron chi connectivity index (χ4n) is 2.91. The standard InChI is InChI=1S/C22H12F7N3O4S/c23-16-15(22(27,28)29)17(24)19(26)20(18(16)25)31-14(33)9-37-13-6-4-11(5-7-13)30-21(34)10-2-1-3-12(8-10)32(35)36/h1-8H,9H2,(H,30,34)(H,31,33). The molecule has 0 atom stereocenters. The highest BCUT2D eigenvalue weighted by molar-refractivity contribution is 8.00. The van der Waals surface area contributed by atoms with E-state index in [9.17, 15) is 50.4 Å². The topological polar surface area (TPSA) is 101 Å².